The number of alkyl halides is 3. The van der Waals surface area contributed by atoms with Crippen LogP contribution in [0.5, 0.6) is 0 Å². The summed E-state index contributed by atoms with van der Waals surface area (Å²) >= 11 is 5.71. The van der Waals surface area contributed by atoms with Gasteiger partial charge in [0.2, 0.25) is 0 Å². The predicted octanol–water partition coefficient (Wildman–Crippen LogP) is 5.46. The van der Waals surface area contributed by atoms with E-state index >= 15 is 0 Å². The molecule has 0 bridgehead atoms. The van der Waals surface area contributed by atoms with Crippen LogP contribution in [0.1, 0.15) is 34.6 Å². The van der Waals surface area contributed by atoms with Crippen molar-refractivity contribution in [1.82, 2.24) is 24.8 Å². The Labute approximate surface area is 199 Å². The van der Waals surface area contributed by atoms with Gasteiger partial charge >= 0.3 is 6.18 Å². The quantitative estimate of drug-likeness (QED) is 0.385. The summed E-state index contributed by atoms with van der Waals surface area (Å²) < 4.78 is 42.0. The summed E-state index contributed by atoms with van der Waals surface area (Å²) in [5.41, 5.74) is 2.29. The van der Waals surface area contributed by atoms with E-state index in [0.29, 0.717) is 17.3 Å². The number of pyridine rings is 2. The van der Waals surface area contributed by atoms with E-state index in [0.717, 1.165) is 29.1 Å². The van der Waals surface area contributed by atoms with Crippen LogP contribution >= 0.6 is 12.2 Å². The van der Waals surface area contributed by atoms with Gasteiger partial charge in [-0.25, -0.2) is 0 Å². The normalized spacial score (nSPS) is 18.2. The number of nitrogens with zero attached hydrogens (tertiary/aromatic N) is 4. The Hall–Kier alpha value is -3.72. The summed E-state index contributed by atoms with van der Waals surface area (Å²) in [4.78, 5) is 10.8. The van der Waals surface area contributed by atoms with Crippen LogP contribution in [0, 0.1) is 0 Å². The third kappa shape index (κ3) is 4.26. The number of halogens is 3. The molecule has 5 nitrogen and oxygen atoms in total. The highest BCUT2D eigenvalue weighted by molar-refractivity contribution is 7.80. The molecular formula is C25H20F3N5S. The Morgan fingerprint density at radius 2 is 1.85 bits per heavy atom. The van der Waals surface area contributed by atoms with Gasteiger partial charge < -0.3 is 14.8 Å². The van der Waals surface area contributed by atoms with Crippen molar-refractivity contribution in [2.24, 2.45) is 0 Å². The summed E-state index contributed by atoms with van der Waals surface area (Å²) in [5.74, 6) is 0. The summed E-state index contributed by atoms with van der Waals surface area (Å²) in [6, 6.07) is 17.9. The van der Waals surface area contributed by atoms with Gasteiger partial charge in [-0.3, -0.25) is 9.97 Å². The molecule has 4 aromatic rings. The number of hydrogen-bond donors (Lipinski definition) is 1. The number of nitrogens with one attached hydrogen (secondary N) is 1. The molecule has 0 aliphatic carbocycles. The standard InChI is InChI=1S/C25H20F3N5S/c26-25(27,28)18-7-3-8-19(14-18)32-13-5-10-21(32)23-22(20-9-1-2-12-30-20)31-24(34)33(23)16-17-6-4-11-29-15-17/h1-15,22-23H,16H2,(H,31,34)/t22-,23-/m1/s1. The van der Waals surface area contributed by atoms with E-state index in [9.17, 15) is 13.2 Å². The maximum Gasteiger partial charge on any atom is 0.416 e. The molecule has 4 heterocycles. The molecule has 5 rings (SSSR count). The number of aromatic nitrogens is 3. The topological polar surface area (TPSA) is 46.0 Å². The minimum atomic E-state index is -4.43. The van der Waals surface area contributed by atoms with Gasteiger partial charge in [-0.15, -0.1) is 0 Å². The first-order chi connectivity index (χ1) is 16.4. The molecule has 172 valence electrons. The van der Waals surface area contributed by atoms with Crippen molar-refractivity contribution in [3.05, 3.63) is 114 Å². The zero-order chi connectivity index (χ0) is 23.7. The first-order valence-electron chi connectivity index (χ1n) is 10.6. The second-order valence-electron chi connectivity index (χ2n) is 7.97. The molecular weight excluding hydrogens is 459 g/mol. The molecule has 0 unspecified atom stereocenters. The van der Waals surface area contributed by atoms with E-state index in [-0.39, 0.29) is 12.1 Å². The minimum absolute atomic E-state index is 0.287. The zero-order valence-electron chi connectivity index (χ0n) is 17.9. The molecule has 0 radical (unpaired) electrons. The summed E-state index contributed by atoms with van der Waals surface area (Å²) in [6.45, 7) is 0.488. The second-order valence-corrected chi connectivity index (χ2v) is 8.35. The molecule has 0 spiro atoms. The summed E-state index contributed by atoms with van der Waals surface area (Å²) in [5, 5.41) is 3.92. The highest BCUT2D eigenvalue weighted by atomic mass is 32.1. The lowest BCUT2D eigenvalue weighted by Crippen LogP contribution is -2.30. The monoisotopic (exact) mass is 479 g/mol. The average molecular weight is 480 g/mol. The number of thiocarbonyl (C=S) groups is 1. The van der Waals surface area contributed by atoms with Crippen LogP contribution in [0.25, 0.3) is 5.69 Å². The molecule has 1 aromatic carbocycles. The van der Waals surface area contributed by atoms with E-state index in [1.807, 2.05) is 47.4 Å². The number of benzene rings is 1. The van der Waals surface area contributed by atoms with Crippen LogP contribution in [0.3, 0.4) is 0 Å². The van der Waals surface area contributed by atoms with Crippen LogP contribution in [-0.4, -0.2) is 24.5 Å². The largest absolute Gasteiger partial charge is 0.416 e. The van der Waals surface area contributed by atoms with E-state index in [4.69, 9.17) is 12.2 Å². The molecule has 0 saturated carbocycles. The Bertz CT molecular complexity index is 1290. The van der Waals surface area contributed by atoms with E-state index in [1.54, 1.807) is 35.4 Å². The number of rotatable bonds is 5. The third-order valence-corrected chi connectivity index (χ3v) is 6.16. The molecule has 1 saturated heterocycles. The predicted molar refractivity (Wildman–Crippen MR) is 126 cm³/mol. The maximum absolute atomic E-state index is 13.4. The Kier molecular flexibility index (Phi) is 5.79. The maximum atomic E-state index is 13.4. The zero-order valence-corrected chi connectivity index (χ0v) is 18.7. The van der Waals surface area contributed by atoms with Gasteiger partial charge in [0.05, 0.1) is 23.3 Å². The van der Waals surface area contributed by atoms with E-state index < -0.39 is 11.7 Å². The molecule has 9 heteroatoms. The van der Waals surface area contributed by atoms with Crippen LogP contribution in [0.2, 0.25) is 0 Å². The molecule has 0 amide bonds. The molecule has 34 heavy (non-hydrogen) atoms. The smallest absolute Gasteiger partial charge is 0.352 e. The van der Waals surface area contributed by atoms with Gasteiger partial charge in [-0.2, -0.15) is 13.2 Å². The van der Waals surface area contributed by atoms with Gasteiger partial charge in [0.25, 0.3) is 0 Å². The van der Waals surface area contributed by atoms with Crippen molar-refractivity contribution in [3.63, 3.8) is 0 Å². The average Bonchev–Trinajstić information content (AvgIpc) is 3.45. The second kappa shape index (κ2) is 8.90. The molecule has 1 N–H and O–H groups in total. The van der Waals surface area contributed by atoms with Gasteiger partial charge in [0.15, 0.2) is 5.11 Å². The van der Waals surface area contributed by atoms with Crippen molar-refractivity contribution in [2.75, 3.05) is 0 Å². The fraction of sp³-hybridized carbons (Fsp3) is 0.160. The van der Waals surface area contributed by atoms with Crippen LogP contribution < -0.4 is 5.32 Å². The fourth-order valence-corrected chi connectivity index (χ4v) is 4.59. The van der Waals surface area contributed by atoms with E-state index in [1.165, 1.54) is 6.07 Å². The first kappa shape index (κ1) is 22.1. The lowest BCUT2D eigenvalue weighted by molar-refractivity contribution is -0.137. The Morgan fingerprint density at radius 3 is 2.59 bits per heavy atom. The molecule has 1 aliphatic heterocycles. The van der Waals surface area contributed by atoms with Crippen molar-refractivity contribution in [2.45, 2.75) is 24.8 Å². The number of hydrogen-bond acceptors (Lipinski definition) is 3. The van der Waals surface area contributed by atoms with E-state index in [2.05, 4.69) is 15.3 Å². The lowest BCUT2D eigenvalue weighted by Gasteiger charge is -2.29. The lowest BCUT2D eigenvalue weighted by atomic mass is 10.0. The van der Waals surface area contributed by atoms with Gasteiger partial charge in [-0.05, 0) is 66.3 Å². The fourth-order valence-electron chi connectivity index (χ4n) is 4.29. The Balaban J connectivity index is 1.60. The third-order valence-electron chi connectivity index (χ3n) is 5.81. The van der Waals surface area contributed by atoms with Crippen LogP contribution in [0.4, 0.5) is 13.2 Å². The van der Waals surface area contributed by atoms with Crippen molar-refractivity contribution < 1.29 is 13.2 Å². The molecule has 1 aliphatic rings. The SMILES string of the molecule is FC(F)(F)c1cccc(-n2cccc2[C@@H]2[C@@H](c3ccccn3)NC(=S)N2Cc2cccnc2)c1. The van der Waals surface area contributed by atoms with Crippen molar-refractivity contribution >= 4 is 17.3 Å². The highest BCUT2D eigenvalue weighted by Crippen LogP contribution is 2.40. The molecule has 2 atom stereocenters. The first-order valence-corrected chi connectivity index (χ1v) is 11.0. The van der Waals surface area contributed by atoms with Gasteiger partial charge in [-0.1, -0.05) is 18.2 Å². The van der Waals surface area contributed by atoms with Crippen molar-refractivity contribution in [1.29, 1.82) is 0 Å². The summed E-state index contributed by atoms with van der Waals surface area (Å²) in [7, 11) is 0. The molecule has 1 fully saturated rings. The van der Waals surface area contributed by atoms with Crippen LogP contribution in [-0.2, 0) is 12.7 Å². The highest BCUT2D eigenvalue weighted by Gasteiger charge is 2.41. The van der Waals surface area contributed by atoms with Gasteiger partial charge in [0, 0.05) is 42.7 Å². The Morgan fingerprint density at radius 1 is 0.971 bits per heavy atom. The van der Waals surface area contributed by atoms with Crippen molar-refractivity contribution in [3.8, 4) is 5.69 Å². The van der Waals surface area contributed by atoms with Gasteiger partial charge in [0.1, 0.15) is 0 Å². The minimum Gasteiger partial charge on any atom is -0.352 e. The molecule has 3 aromatic heterocycles. The summed E-state index contributed by atoms with van der Waals surface area (Å²) in [6.07, 6.45) is 2.54. The van der Waals surface area contributed by atoms with Crippen LogP contribution in [0.15, 0.2) is 91.5 Å².